The molecule has 0 atom stereocenters. The minimum absolute atomic E-state index is 0.00250. The van der Waals surface area contributed by atoms with Crippen LogP contribution in [0.25, 0.3) is 10.8 Å². The molecule has 7 heteroatoms. The van der Waals surface area contributed by atoms with Gasteiger partial charge in [-0.1, -0.05) is 18.2 Å². The molecule has 1 amide bonds. The lowest BCUT2D eigenvalue weighted by Gasteiger charge is -2.30. The number of hydrogen-bond donors (Lipinski definition) is 0. The highest BCUT2D eigenvalue weighted by Crippen LogP contribution is 2.14. The van der Waals surface area contributed by atoms with E-state index in [-0.39, 0.29) is 35.9 Å². The molecule has 2 aromatic rings. The second-order valence-corrected chi connectivity index (χ2v) is 6.39. The van der Waals surface area contributed by atoms with Gasteiger partial charge in [-0.05, 0) is 33.8 Å². The summed E-state index contributed by atoms with van der Waals surface area (Å²) < 4.78 is 6.26. The third kappa shape index (κ3) is 3.87. The van der Waals surface area contributed by atoms with Crippen molar-refractivity contribution in [1.82, 2.24) is 14.7 Å². The lowest BCUT2D eigenvalue weighted by molar-refractivity contribution is -0.138. The van der Waals surface area contributed by atoms with Gasteiger partial charge in [-0.25, -0.2) is 9.48 Å². The second-order valence-electron chi connectivity index (χ2n) is 6.39. The molecule has 7 nitrogen and oxygen atoms in total. The number of benzene rings is 1. The molecular formula is C18H23N3O4. The standard InChI is InChI=1S/C18H23N3O4/c1-11(2)21(12(3)4)15(22)10-25-18(24)16-13-8-6-7-9-14(13)17(23)20(5)19-16/h6-9,11-12H,10H2,1-5H3. The van der Waals surface area contributed by atoms with Crippen LogP contribution in [0.4, 0.5) is 0 Å². The van der Waals surface area contributed by atoms with Gasteiger partial charge in [0.1, 0.15) is 0 Å². The Hall–Kier alpha value is -2.70. The number of carbonyl (C=O) groups excluding carboxylic acids is 2. The van der Waals surface area contributed by atoms with Crippen molar-refractivity contribution >= 4 is 22.6 Å². The minimum Gasteiger partial charge on any atom is -0.451 e. The average molecular weight is 345 g/mol. The maximum Gasteiger partial charge on any atom is 0.359 e. The van der Waals surface area contributed by atoms with Gasteiger partial charge in [0.05, 0.1) is 5.39 Å². The number of esters is 1. The third-order valence-corrected chi connectivity index (χ3v) is 3.88. The van der Waals surface area contributed by atoms with Gasteiger partial charge in [0, 0.05) is 24.5 Å². The van der Waals surface area contributed by atoms with Crippen molar-refractivity contribution in [3.8, 4) is 0 Å². The van der Waals surface area contributed by atoms with Crippen molar-refractivity contribution in [1.29, 1.82) is 0 Å². The van der Waals surface area contributed by atoms with Crippen LogP contribution in [-0.2, 0) is 16.6 Å². The van der Waals surface area contributed by atoms with E-state index in [1.807, 2.05) is 27.7 Å². The molecule has 134 valence electrons. The summed E-state index contributed by atoms with van der Waals surface area (Å²) in [5.41, 5.74) is -0.278. The van der Waals surface area contributed by atoms with E-state index in [0.29, 0.717) is 10.8 Å². The lowest BCUT2D eigenvalue weighted by atomic mass is 10.1. The summed E-state index contributed by atoms with van der Waals surface area (Å²) in [5, 5.41) is 4.79. The molecule has 25 heavy (non-hydrogen) atoms. The molecule has 0 saturated carbocycles. The Morgan fingerprint density at radius 2 is 1.68 bits per heavy atom. The van der Waals surface area contributed by atoms with E-state index in [4.69, 9.17) is 4.74 Å². The number of rotatable bonds is 5. The Morgan fingerprint density at radius 1 is 1.12 bits per heavy atom. The first-order chi connectivity index (χ1) is 11.7. The van der Waals surface area contributed by atoms with Gasteiger partial charge in [0.25, 0.3) is 11.5 Å². The summed E-state index contributed by atoms with van der Waals surface area (Å²) >= 11 is 0. The van der Waals surface area contributed by atoms with Crippen LogP contribution in [0, 0.1) is 0 Å². The van der Waals surface area contributed by atoms with E-state index in [2.05, 4.69) is 5.10 Å². The van der Waals surface area contributed by atoms with Crippen LogP contribution in [0.15, 0.2) is 29.1 Å². The van der Waals surface area contributed by atoms with Gasteiger partial charge in [0.15, 0.2) is 12.3 Å². The van der Waals surface area contributed by atoms with Crippen LogP contribution >= 0.6 is 0 Å². The molecule has 0 spiro atoms. The van der Waals surface area contributed by atoms with Crippen LogP contribution in [0.2, 0.25) is 0 Å². The molecule has 0 aliphatic rings. The summed E-state index contributed by atoms with van der Waals surface area (Å²) in [6, 6.07) is 6.69. The van der Waals surface area contributed by atoms with Crippen molar-refractivity contribution in [2.75, 3.05) is 6.61 Å². The van der Waals surface area contributed by atoms with Gasteiger partial charge in [-0.2, -0.15) is 5.10 Å². The molecule has 1 heterocycles. The number of aromatic nitrogens is 2. The van der Waals surface area contributed by atoms with Gasteiger partial charge in [0.2, 0.25) is 0 Å². The molecule has 0 saturated heterocycles. The molecule has 0 radical (unpaired) electrons. The van der Waals surface area contributed by atoms with Crippen molar-refractivity contribution in [3.05, 3.63) is 40.3 Å². The smallest absolute Gasteiger partial charge is 0.359 e. The molecular weight excluding hydrogens is 322 g/mol. The summed E-state index contributed by atoms with van der Waals surface area (Å²) in [7, 11) is 1.47. The molecule has 0 aliphatic carbocycles. The molecule has 2 rings (SSSR count). The molecule has 1 aromatic carbocycles. The second kappa shape index (κ2) is 7.46. The first-order valence-corrected chi connectivity index (χ1v) is 8.18. The van der Waals surface area contributed by atoms with Crippen LogP contribution in [0.1, 0.15) is 38.2 Å². The zero-order valence-corrected chi connectivity index (χ0v) is 15.1. The van der Waals surface area contributed by atoms with Gasteiger partial charge >= 0.3 is 5.97 Å². The van der Waals surface area contributed by atoms with Crippen LogP contribution < -0.4 is 5.56 Å². The number of ether oxygens (including phenoxy) is 1. The van der Waals surface area contributed by atoms with Crippen molar-refractivity contribution in [2.24, 2.45) is 7.05 Å². The fraction of sp³-hybridized carbons (Fsp3) is 0.444. The molecule has 0 N–H and O–H groups in total. The fourth-order valence-electron chi connectivity index (χ4n) is 2.89. The molecule has 0 fully saturated rings. The fourth-order valence-corrected chi connectivity index (χ4v) is 2.89. The predicted molar refractivity (Wildman–Crippen MR) is 94.4 cm³/mol. The Morgan fingerprint density at radius 3 is 2.24 bits per heavy atom. The first-order valence-electron chi connectivity index (χ1n) is 8.18. The van der Waals surface area contributed by atoms with Crippen molar-refractivity contribution < 1.29 is 14.3 Å². The van der Waals surface area contributed by atoms with Gasteiger partial charge in [-0.3, -0.25) is 9.59 Å². The van der Waals surface area contributed by atoms with E-state index < -0.39 is 5.97 Å². The monoisotopic (exact) mass is 345 g/mol. The summed E-state index contributed by atoms with van der Waals surface area (Å²) in [6.45, 7) is 7.25. The third-order valence-electron chi connectivity index (χ3n) is 3.88. The number of aryl methyl sites for hydroxylation is 1. The highest BCUT2D eigenvalue weighted by molar-refractivity contribution is 6.02. The number of amides is 1. The molecule has 0 unspecified atom stereocenters. The summed E-state index contributed by atoms with van der Waals surface area (Å²) in [5.74, 6) is -1.000. The number of carbonyl (C=O) groups is 2. The van der Waals surface area contributed by atoms with Crippen LogP contribution in [0.3, 0.4) is 0 Å². The highest BCUT2D eigenvalue weighted by Gasteiger charge is 2.23. The Labute approximate surface area is 146 Å². The van der Waals surface area contributed by atoms with E-state index in [1.165, 1.54) is 7.05 Å². The zero-order valence-electron chi connectivity index (χ0n) is 15.1. The Bertz CT molecular complexity index is 847. The predicted octanol–water partition coefficient (Wildman–Crippen LogP) is 1.74. The first kappa shape index (κ1) is 18.6. The Balaban J connectivity index is 2.25. The maximum atomic E-state index is 12.4. The highest BCUT2D eigenvalue weighted by atomic mass is 16.5. The maximum absolute atomic E-state index is 12.4. The average Bonchev–Trinajstić information content (AvgIpc) is 2.55. The normalized spacial score (nSPS) is 11.2. The van der Waals surface area contributed by atoms with E-state index in [0.717, 1.165) is 4.68 Å². The van der Waals surface area contributed by atoms with E-state index in [1.54, 1.807) is 29.2 Å². The summed E-state index contributed by atoms with van der Waals surface area (Å²) in [6.07, 6.45) is 0. The molecule has 0 aliphatic heterocycles. The minimum atomic E-state index is -0.729. The topological polar surface area (TPSA) is 81.5 Å². The largest absolute Gasteiger partial charge is 0.451 e. The quantitative estimate of drug-likeness (QED) is 0.771. The number of nitrogens with zero attached hydrogens (tertiary/aromatic N) is 3. The van der Waals surface area contributed by atoms with E-state index in [9.17, 15) is 14.4 Å². The summed E-state index contributed by atoms with van der Waals surface area (Å²) in [4.78, 5) is 38.5. The van der Waals surface area contributed by atoms with Crippen LogP contribution in [0.5, 0.6) is 0 Å². The lowest BCUT2D eigenvalue weighted by Crippen LogP contribution is -2.44. The molecule has 1 aromatic heterocycles. The van der Waals surface area contributed by atoms with Gasteiger partial charge in [-0.15, -0.1) is 0 Å². The number of fused-ring (bicyclic) bond motifs is 1. The van der Waals surface area contributed by atoms with E-state index >= 15 is 0 Å². The van der Waals surface area contributed by atoms with Crippen molar-refractivity contribution in [2.45, 2.75) is 39.8 Å². The molecule has 0 bridgehead atoms. The zero-order chi connectivity index (χ0) is 18.7. The van der Waals surface area contributed by atoms with Gasteiger partial charge < -0.3 is 9.64 Å². The van der Waals surface area contributed by atoms with Crippen LogP contribution in [-0.4, -0.2) is 45.2 Å². The van der Waals surface area contributed by atoms with Crippen molar-refractivity contribution in [3.63, 3.8) is 0 Å². The SMILES string of the molecule is CC(C)N(C(=O)COC(=O)c1nn(C)c(=O)c2ccccc12)C(C)C. The number of hydrogen-bond acceptors (Lipinski definition) is 5. The Kier molecular flexibility index (Phi) is 5.56.